The minimum Gasteiger partial charge on any atom is -0.440 e. The summed E-state index contributed by atoms with van der Waals surface area (Å²) < 4.78 is 5.62. The second-order valence-electron chi connectivity index (χ2n) is 3.85. The van der Waals surface area contributed by atoms with Crippen molar-refractivity contribution in [1.29, 1.82) is 0 Å². The number of aliphatic hydroxyl groups excluding tert-OH is 2. The minimum absolute atomic E-state index is 0.203. The van der Waals surface area contributed by atoms with Crippen LogP contribution in [0, 0.1) is 6.92 Å². The Balaban J connectivity index is 1.97. The lowest BCUT2D eigenvalue weighted by molar-refractivity contribution is 0.113. The van der Waals surface area contributed by atoms with E-state index < -0.39 is 6.10 Å². The van der Waals surface area contributed by atoms with Crippen molar-refractivity contribution in [3.63, 3.8) is 0 Å². The van der Waals surface area contributed by atoms with Gasteiger partial charge in [0, 0.05) is 11.5 Å². The predicted molar refractivity (Wildman–Crippen MR) is 73.8 cm³/mol. The summed E-state index contributed by atoms with van der Waals surface area (Å²) in [7, 11) is 0. The predicted octanol–water partition coefficient (Wildman–Crippen LogP) is 2.30. The molecule has 0 aliphatic heterocycles. The SMILES string of the molecule is Cc1oc(-c2cccs2)nc1CSC[C@H](O)CO. The fourth-order valence-electron chi connectivity index (χ4n) is 1.41. The van der Waals surface area contributed by atoms with Gasteiger partial charge in [0.1, 0.15) is 5.76 Å². The summed E-state index contributed by atoms with van der Waals surface area (Å²) in [5.74, 6) is 2.64. The second-order valence-corrected chi connectivity index (χ2v) is 5.83. The van der Waals surface area contributed by atoms with E-state index in [0.717, 1.165) is 16.3 Å². The van der Waals surface area contributed by atoms with Crippen molar-refractivity contribution in [2.24, 2.45) is 0 Å². The molecule has 2 rings (SSSR count). The highest BCUT2D eigenvalue weighted by atomic mass is 32.2. The molecule has 0 aliphatic rings. The molecule has 6 heteroatoms. The van der Waals surface area contributed by atoms with E-state index in [1.165, 1.54) is 11.8 Å². The fourth-order valence-corrected chi connectivity index (χ4v) is 3.02. The van der Waals surface area contributed by atoms with Crippen LogP contribution < -0.4 is 0 Å². The second kappa shape index (κ2) is 6.38. The van der Waals surface area contributed by atoms with Crippen LogP contribution in [-0.4, -0.2) is 33.7 Å². The third kappa shape index (κ3) is 3.35. The largest absolute Gasteiger partial charge is 0.440 e. The minimum atomic E-state index is -0.668. The molecule has 98 valence electrons. The third-order valence-corrected chi connectivity index (χ3v) is 4.34. The van der Waals surface area contributed by atoms with Gasteiger partial charge >= 0.3 is 0 Å². The normalized spacial score (nSPS) is 12.8. The molecule has 1 atom stereocenters. The van der Waals surface area contributed by atoms with Crippen LogP contribution in [0.15, 0.2) is 21.9 Å². The van der Waals surface area contributed by atoms with Gasteiger partial charge in [0.15, 0.2) is 0 Å². The van der Waals surface area contributed by atoms with Gasteiger partial charge in [-0.25, -0.2) is 4.98 Å². The van der Waals surface area contributed by atoms with Gasteiger partial charge in [-0.05, 0) is 18.4 Å². The number of oxazole rings is 1. The number of aromatic nitrogens is 1. The zero-order valence-electron chi connectivity index (χ0n) is 10.00. The average Bonchev–Trinajstić information content (AvgIpc) is 2.99. The molecule has 18 heavy (non-hydrogen) atoms. The van der Waals surface area contributed by atoms with Gasteiger partial charge < -0.3 is 14.6 Å². The van der Waals surface area contributed by atoms with Crippen molar-refractivity contribution in [3.05, 3.63) is 29.0 Å². The number of thioether (sulfide) groups is 1. The molecule has 0 bridgehead atoms. The van der Waals surface area contributed by atoms with Crippen LogP contribution in [0.25, 0.3) is 10.8 Å². The summed E-state index contributed by atoms with van der Waals surface area (Å²) in [6.07, 6.45) is -0.668. The van der Waals surface area contributed by atoms with Crippen LogP contribution in [0.5, 0.6) is 0 Å². The Morgan fingerprint density at radius 3 is 3.06 bits per heavy atom. The van der Waals surface area contributed by atoms with Crippen LogP contribution in [-0.2, 0) is 5.75 Å². The number of nitrogens with zero attached hydrogens (tertiary/aromatic N) is 1. The Bertz CT molecular complexity index is 481. The maximum atomic E-state index is 9.25. The van der Waals surface area contributed by atoms with Crippen LogP contribution in [0.4, 0.5) is 0 Å². The van der Waals surface area contributed by atoms with Gasteiger partial charge in [0.25, 0.3) is 0 Å². The third-order valence-electron chi connectivity index (χ3n) is 2.38. The lowest BCUT2D eigenvalue weighted by Crippen LogP contribution is -2.14. The number of hydrogen-bond acceptors (Lipinski definition) is 6. The number of aryl methyl sites for hydroxylation is 1. The van der Waals surface area contributed by atoms with E-state index >= 15 is 0 Å². The van der Waals surface area contributed by atoms with E-state index in [1.807, 2.05) is 24.4 Å². The van der Waals surface area contributed by atoms with Crippen LogP contribution in [0.2, 0.25) is 0 Å². The molecule has 0 fully saturated rings. The topological polar surface area (TPSA) is 66.5 Å². The Morgan fingerprint density at radius 1 is 1.56 bits per heavy atom. The van der Waals surface area contributed by atoms with Crippen molar-refractivity contribution in [1.82, 2.24) is 4.98 Å². The zero-order chi connectivity index (χ0) is 13.0. The van der Waals surface area contributed by atoms with Crippen molar-refractivity contribution < 1.29 is 14.6 Å². The molecule has 0 aromatic carbocycles. The summed E-state index contributed by atoms with van der Waals surface area (Å²) in [5, 5.41) is 20.0. The standard InChI is InChI=1S/C12H15NO3S2/c1-8-10(7-17-6-9(15)5-14)13-12(16-8)11-3-2-4-18-11/h2-4,9,14-15H,5-7H2,1H3/t9-/m1/s1. The van der Waals surface area contributed by atoms with Gasteiger partial charge in [0.2, 0.25) is 5.89 Å². The van der Waals surface area contributed by atoms with Crippen LogP contribution >= 0.6 is 23.1 Å². The molecule has 2 N–H and O–H groups in total. The molecule has 0 spiro atoms. The van der Waals surface area contributed by atoms with Crippen LogP contribution in [0.1, 0.15) is 11.5 Å². The molecule has 0 radical (unpaired) electrons. The molecule has 0 aliphatic carbocycles. The first-order chi connectivity index (χ1) is 8.70. The highest BCUT2D eigenvalue weighted by Gasteiger charge is 2.12. The Labute approximate surface area is 114 Å². The number of thiophene rings is 1. The molecule has 2 heterocycles. The number of aliphatic hydroxyl groups is 2. The quantitative estimate of drug-likeness (QED) is 0.852. The summed E-state index contributed by atoms with van der Waals surface area (Å²) in [6, 6.07) is 3.94. The number of rotatable bonds is 6. The molecule has 2 aromatic rings. The highest BCUT2D eigenvalue weighted by molar-refractivity contribution is 7.98. The monoisotopic (exact) mass is 285 g/mol. The molecule has 0 saturated heterocycles. The molecule has 4 nitrogen and oxygen atoms in total. The van der Waals surface area contributed by atoms with Crippen molar-refractivity contribution >= 4 is 23.1 Å². The Morgan fingerprint density at radius 2 is 2.39 bits per heavy atom. The smallest absolute Gasteiger partial charge is 0.236 e. The summed E-state index contributed by atoms with van der Waals surface area (Å²) >= 11 is 3.13. The van der Waals surface area contributed by atoms with Gasteiger partial charge in [-0.15, -0.1) is 11.3 Å². The maximum Gasteiger partial charge on any atom is 0.236 e. The lowest BCUT2D eigenvalue weighted by Gasteiger charge is -2.04. The first kappa shape index (κ1) is 13.6. The van der Waals surface area contributed by atoms with Crippen LogP contribution in [0.3, 0.4) is 0 Å². The van der Waals surface area contributed by atoms with Crippen molar-refractivity contribution in [3.8, 4) is 10.8 Å². The lowest BCUT2D eigenvalue weighted by atomic mass is 10.4. The van der Waals surface area contributed by atoms with Gasteiger partial charge in [-0.1, -0.05) is 6.07 Å². The molecular weight excluding hydrogens is 270 g/mol. The zero-order valence-corrected chi connectivity index (χ0v) is 11.6. The molecular formula is C12H15NO3S2. The number of hydrogen-bond donors (Lipinski definition) is 2. The van der Waals surface area contributed by atoms with Gasteiger partial charge in [0.05, 0.1) is 23.3 Å². The maximum absolute atomic E-state index is 9.25. The van der Waals surface area contributed by atoms with Gasteiger partial charge in [-0.2, -0.15) is 11.8 Å². The average molecular weight is 285 g/mol. The van der Waals surface area contributed by atoms with E-state index in [0.29, 0.717) is 17.4 Å². The van der Waals surface area contributed by atoms with E-state index in [9.17, 15) is 5.11 Å². The van der Waals surface area contributed by atoms with E-state index in [1.54, 1.807) is 11.3 Å². The highest BCUT2D eigenvalue weighted by Crippen LogP contribution is 2.27. The first-order valence-corrected chi connectivity index (χ1v) is 7.61. The van der Waals surface area contributed by atoms with E-state index in [-0.39, 0.29) is 6.61 Å². The first-order valence-electron chi connectivity index (χ1n) is 5.57. The van der Waals surface area contributed by atoms with E-state index in [2.05, 4.69) is 4.98 Å². The van der Waals surface area contributed by atoms with Gasteiger partial charge in [-0.3, -0.25) is 0 Å². The summed E-state index contributed by atoms with van der Waals surface area (Å²) in [5.41, 5.74) is 0.897. The van der Waals surface area contributed by atoms with Crippen molar-refractivity contribution in [2.75, 3.05) is 12.4 Å². The van der Waals surface area contributed by atoms with Crippen molar-refractivity contribution in [2.45, 2.75) is 18.8 Å². The molecule has 0 unspecified atom stereocenters. The van der Waals surface area contributed by atoms with E-state index in [4.69, 9.17) is 9.52 Å². The molecule has 0 amide bonds. The molecule has 2 aromatic heterocycles. The Hall–Kier alpha value is -0.820. The summed E-state index contributed by atoms with van der Waals surface area (Å²) in [6.45, 7) is 1.69. The summed E-state index contributed by atoms with van der Waals surface area (Å²) in [4.78, 5) is 5.47. The fraction of sp³-hybridized carbons (Fsp3) is 0.417. The molecule has 0 saturated carbocycles. The Kier molecular flexibility index (Phi) is 4.82.